The second-order valence-electron chi connectivity index (χ2n) is 9.33. The summed E-state index contributed by atoms with van der Waals surface area (Å²) in [5.74, 6) is 0.310. The van der Waals surface area contributed by atoms with Gasteiger partial charge in [-0.1, -0.05) is 51.1 Å². The standard InChI is InChI=1S/C28H32N2O3/c1-18-8-7-9-19(2)25(18)33-20(3)26(31)29-23-14-16-24(17-15-23)30-27(32)21-10-12-22(13-11-21)28(4,5)6/h7-17,20H,1-6H3,(H,29,31)(H,30,32). The number of carbonyl (C=O) groups is 2. The van der Waals surface area contributed by atoms with Crippen LogP contribution in [-0.4, -0.2) is 17.9 Å². The third-order valence-corrected chi connectivity index (χ3v) is 5.50. The van der Waals surface area contributed by atoms with Crippen molar-refractivity contribution in [1.82, 2.24) is 0 Å². The van der Waals surface area contributed by atoms with Gasteiger partial charge in [0.05, 0.1) is 0 Å². The molecule has 1 atom stereocenters. The van der Waals surface area contributed by atoms with Gasteiger partial charge in [-0.25, -0.2) is 0 Å². The highest BCUT2D eigenvalue weighted by Crippen LogP contribution is 2.25. The van der Waals surface area contributed by atoms with Gasteiger partial charge in [0.15, 0.2) is 6.10 Å². The summed E-state index contributed by atoms with van der Waals surface area (Å²) in [4.78, 5) is 25.1. The lowest BCUT2D eigenvalue weighted by Gasteiger charge is -2.19. The highest BCUT2D eigenvalue weighted by Gasteiger charge is 2.17. The molecule has 2 N–H and O–H groups in total. The molecule has 0 aromatic heterocycles. The van der Waals surface area contributed by atoms with Gasteiger partial charge < -0.3 is 15.4 Å². The first-order chi connectivity index (χ1) is 15.5. The van der Waals surface area contributed by atoms with E-state index >= 15 is 0 Å². The summed E-state index contributed by atoms with van der Waals surface area (Å²) >= 11 is 0. The predicted molar refractivity (Wildman–Crippen MR) is 134 cm³/mol. The van der Waals surface area contributed by atoms with Gasteiger partial charge in [0.25, 0.3) is 11.8 Å². The van der Waals surface area contributed by atoms with Crippen molar-refractivity contribution in [3.05, 3.63) is 89.0 Å². The molecule has 0 saturated heterocycles. The van der Waals surface area contributed by atoms with Gasteiger partial charge in [0.2, 0.25) is 0 Å². The fourth-order valence-corrected chi connectivity index (χ4v) is 3.42. The molecule has 3 rings (SSSR count). The molecule has 0 spiro atoms. The number of aryl methyl sites for hydroxylation is 2. The number of para-hydroxylation sites is 1. The van der Waals surface area contributed by atoms with Gasteiger partial charge in [0, 0.05) is 16.9 Å². The number of anilines is 2. The summed E-state index contributed by atoms with van der Waals surface area (Å²) in [6.07, 6.45) is -0.653. The normalized spacial score (nSPS) is 12.1. The van der Waals surface area contributed by atoms with Crippen molar-refractivity contribution in [2.45, 2.75) is 53.1 Å². The Morgan fingerprint density at radius 2 is 1.30 bits per heavy atom. The SMILES string of the molecule is Cc1cccc(C)c1OC(C)C(=O)Nc1ccc(NC(=O)c2ccc(C(C)(C)C)cc2)cc1. The number of ether oxygens (including phenoxy) is 1. The van der Waals surface area contributed by atoms with Crippen molar-refractivity contribution >= 4 is 23.2 Å². The van der Waals surface area contributed by atoms with Gasteiger partial charge in [-0.15, -0.1) is 0 Å². The number of nitrogens with one attached hydrogen (secondary N) is 2. The minimum Gasteiger partial charge on any atom is -0.480 e. The summed E-state index contributed by atoms with van der Waals surface area (Å²) in [6, 6.07) is 20.5. The van der Waals surface area contributed by atoms with E-state index in [9.17, 15) is 9.59 Å². The first-order valence-corrected chi connectivity index (χ1v) is 11.1. The highest BCUT2D eigenvalue weighted by molar-refractivity contribution is 6.04. The van der Waals surface area contributed by atoms with Gasteiger partial charge in [-0.05, 0) is 79.3 Å². The first-order valence-electron chi connectivity index (χ1n) is 11.1. The summed E-state index contributed by atoms with van der Waals surface area (Å²) < 4.78 is 5.90. The Labute approximate surface area is 196 Å². The first kappa shape index (κ1) is 24.1. The molecule has 3 aromatic carbocycles. The van der Waals surface area contributed by atoms with Crippen molar-refractivity contribution in [3.63, 3.8) is 0 Å². The van der Waals surface area contributed by atoms with Crippen LogP contribution in [-0.2, 0) is 10.2 Å². The van der Waals surface area contributed by atoms with E-state index in [0.717, 1.165) is 16.9 Å². The van der Waals surface area contributed by atoms with E-state index in [0.29, 0.717) is 16.9 Å². The fraction of sp³-hybridized carbons (Fsp3) is 0.286. The monoisotopic (exact) mass is 444 g/mol. The number of hydrogen-bond donors (Lipinski definition) is 2. The second kappa shape index (κ2) is 9.90. The van der Waals surface area contributed by atoms with Crippen LogP contribution >= 0.6 is 0 Å². The molecule has 1 unspecified atom stereocenters. The van der Waals surface area contributed by atoms with Gasteiger partial charge >= 0.3 is 0 Å². The molecular formula is C28H32N2O3. The van der Waals surface area contributed by atoms with Gasteiger partial charge in [-0.3, -0.25) is 9.59 Å². The Hall–Kier alpha value is -3.60. The van der Waals surface area contributed by atoms with Crippen LogP contribution in [0.1, 0.15) is 54.7 Å². The number of amides is 2. The minimum absolute atomic E-state index is 0.0383. The molecule has 0 saturated carbocycles. The maximum atomic E-state index is 12.6. The molecule has 0 fully saturated rings. The zero-order chi connectivity index (χ0) is 24.2. The van der Waals surface area contributed by atoms with Gasteiger partial charge in [0.1, 0.15) is 5.75 Å². The summed E-state index contributed by atoms with van der Waals surface area (Å²) in [6.45, 7) is 12.1. The molecule has 172 valence electrons. The van der Waals surface area contributed by atoms with Crippen LogP contribution in [0.5, 0.6) is 5.75 Å². The Kier molecular flexibility index (Phi) is 7.22. The van der Waals surface area contributed by atoms with Gasteiger partial charge in [-0.2, -0.15) is 0 Å². The molecular weight excluding hydrogens is 412 g/mol. The maximum absolute atomic E-state index is 12.6. The molecule has 0 bridgehead atoms. The Balaban J connectivity index is 1.58. The van der Waals surface area contributed by atoms with E-state index < -0.39 is 6.10 Å². The summed E-state index contributed by atoms with van der Waals surface area (Å²) in [5.41, 5.74) is 5.07. The predicted octanol–water partition coefficient (Wildman–Crippen LogP) is 6.26. The Morgan fingerprint density at radius 3 is 1.82 bits per heavy atom. The Bertz CT molecular complexity index is 1110. The van der Waals surface area contributed by atoms with Crippen LogP contribution in [0.3, 0.4) is 0 Å². The Morgan fingerprint density at radius 1 is 0.788 bits per heavy atom. The molecule has 3 aromatic rings. The van der Waals surface area contributed by atoms with Crippen LogP contribution in [0.2, 0.25) is 0 Å². The molecule has 33 heavy (non-hydrogen) atoms. The van der Waals surface area contributed by atoms with E-state index in [1.807, 2.05) is 56.3 Å². The summed E-state index contributed by atoms with van der Waals surface area (Å²) in [7, 11) is 0. The van der Waals surface area contributed by atoms with Crippen molar-refractivity contribution in [1.29, 1.82) is 0 Å². The average molecular weight is 445 g/mol. The second-order valence-corrected chi connectivity index (χ2v) is 9.33. The lowest BCUT2D eigenvalue weighted by molar-refractivity contribution is -0.122. The lowest BCUT2D eigenvalue weighted by Crippen LogP contribution is -2.30. The molecule has 2 amide bonds. The van der Waals surface area contributed by atoms with E-state index in [1.165, 1.54) is 5.56 Å². The van der Waals surface area contributed by atoms with Crippen molar-refractivity contribution in [2.75, 3.05) is 10.6 Å². The van der Waals surface area contributed by atoms with Crippen LogP contribution < -0.4 is 15.4 Å². The van der Waals surface area contributed by atoms with Crippen molar-refractivity contribution in [3.8, 4) is 5.75 Å². The third-order valence-electron chi connectivity index (χ3n) is 5.50. The average Bonchev–Trinajstić information content (AvgIpc) is 2.77. The number of benzene rings is 3. The summed E-state index contributed by atoms with van der Waals surface area (Å²) in [5, 5.41) is 5.75. The van der Waals surface area contributed by atoms with Crippen molar-refractivity contribution < 1.29 is 14.3 Å². The van der Waals surface area contributed by atoms with E-state index in [-0.39, 0.29) is 17.2 Å². The van der Waals surface area contributed by atoms with Crippen molar-refractivity contribution in [2.24, 2.45) is 0 Å². The molecule has 0 heterocycles. The van der Waals surface area contributed by atoms with Crippen LogP contribution in [0, 0.1) is 13.8 Å². The quantitative estimate of drug-likeness (QED) is 0.472. The zero-order valence-electron chi connectivity index (χ0n) is 20.2. The molecule has 0 aliphatic heterocycles. The molecule has 0 aliphatic rings. The number of hydrogen-bond acceptors (Lipinski definition) is 3. The molecule has 0 aliphatic carbocycles. The van der Waals surface area contributed by atoms with E-state index in [2.05, 4.69) is 31.4 Å². The van der Waals surface area contributed by atoms with Crippen LogP contribution in [0.4, 0.5) is 11.4 Å². The maximum Gasteiger partial charge on any atom is 0.265 e. The topological polar surface area (TPSA) is 67.4 Å². The lowest BCUT2D eigenvalue weighted by atomic mass is 9.87. The largest absolute Gasteiger partial charge is 0.480 e. The smallest absolute Gasteiger partial charge is 0.265 e. The molecule has 5 nitrogen and oxygen atoms in total. The number of rotatable bonds is 6. The van der Waals surface area contributed by atoms with Crippen LogP contribution in [0.15, 0.2) is 66.7 Å². The van der Waals surface area contributed by atoms with E-state index in [4.69, 9.17) is 4.74 Å². The number of carbonyl (C=O) groups excluding carboxylic acids is 2. The zero-order valence-corrected chi connectivity index (χ0v) is 20.2. The fourth-order valence-electron chi connectivity index (χ4n) is 3.42. The molecule has 5 heteroatoms. The molecule has 0 radical (unpaired) electrons. The minimum atomic E-state index is -0.653. The van der Waals surface area contributed by atoms with E-state index in [1.54, 1.807) is 31.2 Å². The van der Waals surface area contributed by atoms with Crippen LogP contribution in [0.25, 0.3) is 0 Å². The highest BCUT2D eigenvalue weighted by atomic mass is 16.5. The third kappa shape index (κ3) is 6.22.